The second kappa shape index (κ2) is 7.62. The van der Waals surface area contributed by atoms with E-state index in [0.29, 0.717) is 17.9 Å². The molecule has 3 rings (SSSR count). The highest BCUT2D eigenvalue weighted by molar-refractivity contribution is 5.92. The maximum atomic E-state index is 12.4. The van der Waals surface area contributed by atoms with E-state index in [1.165, 1.54) is 9.36 Å². The second-order valence-electron chi connectivity index (χ2n) is 6.41. The van der Waals surface area contributed by atoms with E-state index >= 15 is 0 Å². The van der Waals surface area contributed by atoms with Gasteiger partial charge in [0.05, 0.1) is 11.1 Å². The molecule has 0 radical (unpaired) electrons. The Morgan fingerprint density at radius 1 is 1.21 bits per heavy atom. The summed E-state index contributed by atoms with van der Waals surface area (Å²) >= 11 is 0. The molecule has 1 amide bonds. The number of hydrogen-bond donors (Lipinski definition) is 1. The number of hydrogen-bond acceptors (Lipinski definition) is 6. The van der Waals surface area contributed by atoms with Gasteiger partial charge in [-0.25, -0.2) is 4.68 Å². The number of nitrogens with one attached hydrogen (secondary N) is 1. The monoisotopic (exact) mass is 386 g/mol. The molecule has 11 nitrogen and oxygen atoms in total. The lowest BCUT2D eigenvalue weighted by atomic mass is 10.2. The van der Waals surface area contributed by atoms with Crippen LogP contribution in [0, 0.1) is 30.9 Å². The molecule has 0 bridgehead atoms. The van der Waals surface area contributed by atoms with Gasteiger partial charge in [-0.15, -0.1) is 0 Å². The van der Waals surface area contributed by atoms with Crippen molar-refractivity contribution in [2.24, 2.45) is 0 Å². The SMILES string of the molecule is CCn1ncc(CNC(=O)c2ccn(Cn3nc(C)c([N+](=O)[O-])c3C)n2)c1C. The molecule has 148 valence electrons. The summed E-state index contributed by atoms with van der Waals surface area (Å²) in [4.78, 5) is 23.0. The van der Waals surface area contributed by atoms with Gasteiger partial charge in [0.25, 0.3) is 5.91 Å². The zero-order valence-corrected chi connectivity index (χ0v) is 16.2. The van der Waals surface area contributed by atoms with Crippen LogP contribution in [0.3, 0.4) is 0 Å². The van der Waals surface area contributed by atoms with Crippen LogP contribution in [0.5, 0.6) is 0 Å². The molecular weight excluding hydrogens is 364 g/mol. The van der Waals surface area contributed by atoms with Crippen molar-refractivity contribution in [3.63, 3.8) is 0 Å². The van der Waals surface area contributed by atoms with Crippen molar-refractivity contribution in [1.29, 1.82) is 0 Å². The Kier molecular flexibility index (Phi) is 5.25. The third-order valence-corrected chi connectivity index (χ3v) is 4.62. The summed E-state index contributed by atoms with van der Waals surface area (Å²) in [5.74, 6) is -0.304. The minimum absolute atomic E-state index is 0.00637. The Morgan fingerprint density at radius 2 is 1.96 bits per heavy atom. The molecule has 0 saturated carbocycles. The number of nitrogens with zero attached hydrogens (tertiary/aromatic N) is 7. The molecule has 1 N–H and O–H groups in total. The molecule has 28 heavy (non-hydrogen) atoms. The summed E-state index contributed by atoms with van der Waals surface area (Å²) in [7, 11) is 0. The number of carbonyl (C=O) groups excluding carboxylic acids is 1. The molecule has 3 aromatic rings. The van der Waals surface area contributed by atoms with Gasteiger partial charge in [-0.05, 0) is 33.8 Å². The number of nitro groups is 1. The lowest BCUT2D eigenvalue weighted by molar-refractivity contribution is -0.386. The first kappa shape index (κ1) is 19.3. The van der Waals surface area contributed by atoms with Crippen LogP contribution in [0.2, 0.25) is 0 Å². The number of rotatable bonds is 7. The summed E-state index contributed by atoms with van der Waals surface area (Å²) in [5, 5.41) is 26.6. The van der Waals surface area contributed by atoms with Crippen molar-refractivity contribution >= 4 is 11.6 Å². The smallest absolute Gasteiger partial charge is 0.312 e. The van der Waals surface area contributed by atoms with E-state index in [2.05, 4.69) is 20.6 Å². The highest BCUT2D eigenvalue weighted by Gasteiger charge is 2.22. The summed E-state index contributed by atoms with van der Waals surface area (Å²) in [6.45, 7) is 8.50. The highest BCUT2D eigenvalue weighted by atomic mass is 16.6. The molecule has 0 spiro atoms. The Bertz CT molecular complexity index is 1030. The highest BCUT2D eigenvalue weighted by Crippen LogP contribution is 2.21. The topological polar surface area (TPSA) is 126 Å². The average molecular weight is 386 g/mol. The van der Waals surface area contributed by atoms with Crippen molar-refractivity contribution in [1.82, 2.24) is 34.7 Å². The molecule has 0 aliphatic heterocycles. The fourth-order valence-corrected chi connectivity index (χ4v) is 3.03. The van der Waals surface area contributed by atoms with Gasteiger partial charge in [-0.3, -0.25) is 24.3 Å². The minimum atomic E-state index is -0.446. The van der Waals surface area contributed by atoms with Gasteiger partial charge in [-0.1, -0.05) is 0 Å². The molecule has 11 heteroatoms. The van der Waals surface area contributed by atoms with Crippen molar-refractivity contribution in [2.75, 3.05) is 0 Å². The molecule has 0 aromatic carbocycles. The lowest BCUT2D eigenvalue weighted by Gasteiger charge is -2.05. The Morgan fingerprint density at radius 3 is 2.57 bits per heavy atom. The van der Waals surface area contributed by atoms with Gasteiger partial charge in [0.1, 0.15) is 23.8 Å². The van der Waals surface area contributed by atoms with Crippen molar-refractivity contribution in [3.8, 4) is 0 Å². The van der Waals surface area contributed by atoms with E-state index in [1.54, 1.807) is 32.3 Å². The molecule has 0 fully saturated rings. The van der Waals surface area contributed by atoms with Gasteiger partial charge < -0.3 is 5.32 Å². The molecule has 3 heterocycles. The van der Waals surface area contributed by atoms with Crippen LogP contribution >= 0.6 is 0 Å². The van der Waals surface area contributed by atoms with E-state index in [1.807, 2.05) is 18.5 Å². The van der Waals surface area contributed by atoms with Gasteiger partial charge in [0, 0.05) is 30.5 Å². The first-order valence-corrected chi connectivity index (χ1v) is 8.83. The lowest BCUT2D eigenvalue weighted by Crippen LogP contribution is -2.24. The standard InChI is InChI=1S/C17H22N8O3/c1-5-23-12(3)14(9-19-23)8-18-17(26)15-6-7-22(21-15)10-24-13(4)16(25(27)28)11(2)20-24/h6-7,9H,5,8,10H2,1-4H3,(H,18,26). The minimum Gasteiger partial charge on any atom is -0.346 e. The first-order valence-electron chi connectivity index (χ1n) is 8.83. The van der Waals surface area contributed by atoms with E-state index in [-0.39, 0.29) is 24.0 Å². The molecule has 0 aliphatic carbocycles. The molecule has 0 atom stereocenters. The number of amides is 1. The van der Waals surface area contributed by atoms with Gasteiger partial charge >= 0.3 is 5.69 Å². The summed E-state index contributed by atoms with van der Waals surface area (Å²) < 4.78 is 4.87. The third-order valence-electron chi connectivity index (χ3n) is 4.62. The molecular formula is C17H22N8O3. The predicted molar refractivity (Wildman–Crippen MR) is 99.8 cm³/mol. The fraction of sp³-hybridized carbons (Fsp3) is 0.412. The quantitative estimate of drug-likeness (QED) is 0.485. The molecule has 0 aliphatic rings. The predicted octanol–water partition coefficient (Wildman–Crippen LogP) is 1.57. The Hall–Kier alpha value is -3.50. The van der Waals surface area contributed by atoms with Crippen LogP contribution in [0.25, 0.3) is 0 Å². The van der Waals surface area contributed by atoms with Crippen LogP contribution in [0.15, 0.2) is 18.5 Å². The van der Waals surface area contributed by atoms with Crippen molar-refractivity contribution in [3.05, 3.63) is 56.9 Å². The molecule has 0 unspecified atom stereocenters. The fourth-order valence-electron chi connectivity index (χ4n) is 3.03. The largest absolute Gasteiger partial charge is 0.346 e. The van der Waals surface area contributed by atoms with Crippen LogP contribution in [0.1, 0.15) is 40.1 Å². The zero-order valence-electron chi connectivity index (χ0n) is 16.2. The van der Waals surface area contributed by atoms with Crippen LogP contribution < -0.4 is 5.32 Å². The van der Waals surface area contributed by atoms with Crippen molar-refractivity contribution < 1.29 is 9.72 Å². The number of aromatic nitrogens is 6. The Labute approximate surface area is 161 Å². The normalized spacial score (nSPS) is 11.0. The van der Waals surface area contributed by atoms with Gasteiger partial charge in [0.15, 0.2) is 0 Å². The molecule has 3 aromatic heterocycles. The van der Waals surface area contributed by atoms with Crippen LogP contribution in [-0.4, -0.2) is 40.2 Å². The van der Waals surface area contributed by atoms with Crippen LogP contribution in [-0.2, 0) is 19.8 Å². The van der Waals surface area contributed by atoms with Gasteiger partial charge in [-0.2, -0.15) is 15.3 Å². The average Bonchev–Trinajstić information content (AvgIpc) is 3.32. The van der Waals surface area contributed by atoms with Crippen LogP contribution in [0.4, 0.5) is 5.69 Å². The van der Waals surface area contributed by atoms with E-state index in [4.69, 9.17) is 0 Å². The maximum Gasteiger partial charge on any atom is 0.312 e. The van der Waals surface area contributed by atoms with Gasteiger partial charge in [0.2, 0.25) is 0 Å². The summed E-state index contributed by atoms with van der Waals surface area (Å²) in [5.41, 5.74) is 3.00. The van der Waals surface area contributed by atoms with E-state index in [9.17, 15) is 14.9 Å². The maximum absolute atomic E-state index is 12.4. The van der Waals surface area contributed by atoms with E-state index in [0.717, 1.165) is 17.8 Å². The first-order chi connectivity index (χ1) is 13.3. The van der Waals surface area contributed by atoms with Crippen molar-refractivity contribution in [2.45, 2.75) is 47.5 Å². The number of carbonyl (C=O) groups is 1. The zero-order chi connectivity index (χ0) is 20.4. The number of aryl methyl sites for hydroxylation is 2. The summed E-state index contributed by atoms with van der Waals surface area (Å²) in [6.07, 6.45) is 3.38. The second-order valence-corrected chi connectivity index (χ2v) is 6.41. The van der Waals surface area contributed by atoms with E-state index < -0.39 is 4.92 Å². The Balaban J connectivity index is 1.67. The summed E-state index contributed by atoms with van der Waals surface area (Å²) in [6, 6.07) is 1.59. The molecule has 0 saturated heterocycles. The third kappa shape index (κ3) is 3.63.